The van der Waals surface area contributed by atoms with Gasteiger partial charge < -0.3 is 0 Å². The Kier molecular flexibility index (Phi) is 12.3. The molecule has 0 bridgehead atoms. The first-order valence-corrected chi connectivity index (χ1v) is 16.1. The molecule has 0 aromatic heterocycles. The van der Waals surface area contributed by atoms with Gasteiger partial charge in [0.15, 0.2) is 0 Å². The van der Waals surface area contributed by atoms with E-state index in [9.17, 15) is 4.39 Å². The van der Waals surface area contributed by atoms with Gasteiger partial charge >= 0.3 is 0 Å². The second kappa shape index (κ2) is 14.4. The lowest BCUT2D eigenvalue weighted by Gasteiger charge is -2.23. The molecule has 170 valence electrons. The number of hydrogen-bond acceptors (Lipinski definition) is 0. The summed E-state index contributed by atoms with van der Waals surface area (Å²) >= 11 is 16.2. The molecule has 1 aliphatic carbocycles. The van der Waals surface area contributed by atoms with Gasteiger partial charge in [0.2, 0.25) is 8.14 Å². The molecule has 1 aliphatic rings. The van der Waals surface area contributed by atoms with E-state index in [4.69, 9.17) is 33.8 Å². The van der Waals surface area contributed by atoms with Gasteiger partial charge in [0.25, 0.3) is 0 Å². The molecule has 5 heteroatoms. The zero-order valence-corrected chi connectivity index (χ0v) is 22.4. The second-order valence-corrected chi connectivity index (χ2v) is 11.0. The predicted octanol–water partition coefficient (Wildman–Crippen LogP) is 9.82. The van der Waals surface area contributed by atoms with Crippen LogP contribution in [0.15, 0.2) is 42.5 Å². The number of aryl methyl sites for hydroxylation is 1. The molecule has 0 spiro atoms. The van der Waals surface area contributed by atoms with E-state index in [0.717, 1.165) is 34.7 Å². The highest BCUT2D eigenvalue weighted by Gasteiger charge is 2.24. The van der Waals surface area contributed by atoms with Crippen LogP contribution in [-0.4, -0.2) is 8.14 Å². The van der Waals surface area contributed by atoms with Crippen molar-refractivity contribution in [1.82, 2.24) is 0 Å². The maximum absolute atomic E-state index is 14.2. The summed E-state index contributed by atoms with van der Waals surface area (Å²) in [5.74, 6) is 0. The van der Waals surface area contributed by atoms with Crippen molar-refractivity contribution in [2.24, 2.45) is 0 Å². The minimum atomic E-state index is -0.915. The lowest BCUT2D eigenvalue weighted by molar-refractivity contribution is 0.303. The molecule has 0 radical (unpaired) electrons. The summed E-state index contributed by atoms with van der Waals surface area (Å²) < 4.78 is 14.2. The Labute approximate surface area is 203 Å². The van der Waals surface area contributed by atoms with Crippen LogP contribution < -0.4 is 0 Å². The van der Waals surface area contributed by atoms with E-state index < -0.39 is 14.3 Å². The molecule has 0 amide bonds. The van der Waals surface area contributed by atoms with Crippen molar-refractivity contribution in [2.75, 3.05) is 0 Å². The average Bonchev–Trinajstić information content (AvgIpc) is 2.78. The van der Waals surface area contributed by atoms with Crippen LogP contribution in [0.3, 0.4) is 0 Å². The van der Waals surface area contributed by atoms with Crippen LogP contribution in [0.2, 0.25) is 5.02 Å². The molecular weight excluding hydrogens is 466 g/mol. The second-order valence-electron chi connectivity index (χ2n) is 8.01. The molecule has 3 aromatic carbocycles. The Hall–Kier alpha value is -0.803. The Morgan fingerprint density at radius 3 is 2.19 bits per heavy atom. The Balaban J connectivity index is 0.000000263. The third-order valence-corrected chi connectivity index (χ3v) is 6.12. The highest BCUT2D eigenvalue weighted by atomic mass is 35.7. The van der Waals surface area contributed by atoms with Crippen molar-refractivity contribution in [2.45, 2.75) is 77.8 Å². The van der Waals surface area contributed by atoms with Crippen molar-refractivity contribution in [3.05, 3.63) is 58.6 Å². The van der Waals surface area contributed by atoms with Crippen molar-refractivity contribution < 1.29 is 4.39 Å². The highest BCUT2D eigenvalue weighted by Crippen LogP contribution is 2.42. The Morgan fingerprint density at radius 1 is 0.903 bits per heavy atom. The molecule has 1 unspecified atom stereocenters. The van der Waals surface area contributed by atoms with Crippen LogP contribution >= 0.6 is 33.8 Å². The molecule has 0 heterocycles. The zero-order valence-electron chi connectivity index (χ0n) is 18.7. The molecule has 0 aliphatic heterocycles. The quantitative estimate of drug-likeness (QED) is 0.142. The number of fused-ring (bicyclic) bond motifs is 5. The number of benzene rings is 3. The molecule has 0 N–H and O–H groups in total. The standard InChI is InChI=1S/C18H14ClF.C8H18.Cl2H2Si/c19-16-10-15-12-5-2-1-4-11(12)8-9-13(15)14-6-3-7-17(20)18(14)16;1-3-5-7-8-6-4-2;1-3-2/h1-2,4-5,8-10,17H,3,6-7H2;3-8H2,1-2H3;3H2. The van der Waals surface area contributed by atoms with Crippen molar-refractivity contribution in [3.63, 3.8) is 0 Å². The van der Waals surface area contributed by atoms with E-state index in [1.54, 1.807) is 0 Å². The van der Waals surface area contributed by atoms with E-state index >= 15 is 0 Å². The third-order valence-electron chi connectivity index (χ3n) is 5.80. The normalized spacial score (nSPS) is 15.0. The zero-order chi connectivity index (χ0) is 22.6. The Morgan fingerprint density at radius 2 is 1.55 bits per heavy atom. The number of halogens is 4. The minimum Gasteiger partial charge on any atom is -0.242 e. The monoisotopic (exact) mass is 498 g/mol. The molecule has 0 nitrogen and oxygen atoms in total. The number of alkyl halides is 1. The first-order chi connectivity index (χ1) is 15.1. The van der Waals surface area contributed by atoms with Gasteiger partial charge in [0.1, 0.15) is 6.17 Å². The summed E-state index contributed by atoms with van der Waals surface area (Å²) in [4.78, 5) is 0. The van der Waals surface area contributed by atoms with Gasteiger partial charge in [-0.1, -0.05) is 100 Å². The lowest BCUT2D eigenvalue weighted by atomic mass is 9.85. The van der Waals surface area contributed by atoms with Gasteiger partial charge in [-0.15, -0.1) is 0 Å². The maximum Gasteiger partial charge on any atom is 0.222 e. The van der Waals surface area contributed by atoms with Gasteiger partial charge in [-0.3, -0.25) is 0 Å². The average molecular weight is 500 g/mol. The van der Waals surface area contributed by atoms with Crippen molar-refractivity contribution in [3.8, 4) is 0 Å². The van der Waals surface area contributed by atoms with Gasteiger partial charge in [0, 0.05) is 10.6 Å². The van der Waals surface area contributed by atoms with Gasteiger partial charge in [-0.2, -0.15) is 22.2 Å². The molecule has 4 rings (SSSR count). The fourth-order valence-electron chi connectivity index (χ4n) is 4.27. The van der Waals surface area contributed by atoms with Crippen LogP contribution in [-0.2, 0) is 6.42 Å². The van der Waals surface area contributed by atoms with Crippen LogP contribution in [0.25, 0.3) is 21.5 Å². The molecule has 1 atom stereocenters. The number of rotatable bonds is 5. The summed E-state index contributed by atoms with van der Waals surface area (Å²) in [6, 6.07) is 14.4. The Bertz CT molecular complexity index is 939. The molecule has 3 aromatic rings. The van der Waals surface area contributed by atoms with Gasteiger partial charge in [-0.05, 0) is 52.4 Å². The van der Waals surface area contributed by atoms with Crippen LogP contribution in [0, 0.1) is 0 Å². The first-order valence-electron chi connectivity index (χ1n) is 11.5. The minimum absolute atomic E-state index is 0.580. The SMILES string of the molecule is CCCCCCCC.Cl[SiH2]Cl.FC1CCCc2c1c(Cl)cc1c2ccc2ccccc21. The predicted molar refractivity (Wildman–Crippen MR) is 143 cm³/mol. The summed E-state index contributed by atoms with van der Waals surface area (Å²) in [5, 5.41) is 5.27. The van der Waals surface area contributed by atoms with E-state index in [0.29, 0.717) is 11.4 Å². The first kappa shape index (κ1) is 26.4. The van der Waals surface area contributed by atoms with E-state index in [1.807, 2.05) is 18.2 Å². The van der Waals surface area contributed by atoms with E-state index in [-0.39, 0.29) is 0 Å². The van der Waals surface area contributed by atoms with Crippen molar-refractivity contribution in [1.29, 1.82) is 0 Å². The fourth-order valence-corrected chi connectivity index (χ4v) is 4.61. The summed E-state index contributed by atoms with van der Waals surface area (Å²) in [6.45, 7) is 4.51. The molecule has 0 saturated carbocycles. The number of unbranched alkanes of at least 4 members (excludes halogenated alkanes) is 5. The van der Waals surface area contributed by atoms with Gasteiger partial charge in [-0.25, -0.2) is 4.39 Å². The molecule has 0 fully saturated rings. The fraction of sp³-hybridized carbons (Fsp3) is 0.462. The smallest absolute Gasteiger partial charge is 0.222 e. The topological polar surface area (TPSA) is 0 Å². The van der Waals surface area contributed by atoms with Crippen LogP contribution in [0.1, 0.15) is 82.5 Å². The van der Waals surface area contributed by atoms with E-state index in [1.165, 1.54) is 49.3 Å². The van der Waals surface area contributed by atoms with E-state index in [2.05, 4.69) is 38.1 Å². The van der Waals surface area contributed by atoms with Gasteiger partial charge in [0.05, 0.1) is 0 Å². The highest BCUT2D eigenvalue weighted by molar-refractivity contribution is 7.22. The summed E-state index contributed by atoms with van der Waals surface area (Å²) in [6.07, 6.45) is 9.98. The number of hydrogen-bond donors (Lipinski definition) is 0. The summed E-state index contributed by atoms with van der Waals surface area (Å²) in [5.41, 5.74) is 1.83. The lowest BCUT2D eigenvalue weighted by Crippen LogP contribution is -2.07. The van der Waals surface area contributed by atoms with Crippen LogP contribution in [0.4, 0.5) is 4.39 Å². The molecule has 0 saturated heterocycles. The van der Waals surface area contributed by atoms with Crippen molar-refractivity contribution >= 4 is 63.4 Å². The van der Waals surface area contributed by atoms with Crippen LogP contribution in [0.5, 0.6) is 0 Å². The summed E-state index contributed by atoms with van der Waals surface area (Å²) in [7, 11) is -0.639. The molecule has 31 heavy (non-hydrogen) atoms. The third kappa shape index (κ3) is 7.35. The largest absolute Gasteiger partial charge is 0.242 e. The molecular formula is C26H34Cl3FSi. The maximum atomic E-state index is 14.2.